The monoisotopic (exact) mass is 456 g/mol. The van der Waals surface area contributed by atoms with Crippen molar-refractivity contribution in [3.05, 3.63) is 48.0 Å². The zero-order valence-corrected chi connectivity index (χ0v) is 17.9. The average Bonchev–Trinajstić information content (AvgIpc) is 2.74. The minimum Gasteiger partial charge on any atom is -0.495 e. The molecule has 0 saturated carbocycles. The van der Waals surface area contributed by atoms with Crippen molar-refractivity contribution in [2.24, 2.45) is 0 Å². The van der Waals surface area contributed by atoms with Crippen LogP contribution in [-0.2, 0) is 10.0 Å². The Labute approximate surface area is 178 Å². The predicted octanol–water partition coefficient (Wildman–Crippen LogP) is 4.44. The molecule has 0 unspecified atom stereocenters. The number of nitrogens with one attached hydrogen (secondary N) is 1. The molecule has 162 valence electrons. The number of ether oxygens (including phenoxy) is 1. The molecular weight excluding hydrogens is 434 g/mol. The third-order valence-corrected chi connectivity index (χ3v) is 7.33. The van der Waals surface area contributed by atoms with E-state index in [0.717, 1.165) is 19.3 Å². The number of piperidine rings is 1. The molecule has 0 radical (unpaired) electrons. The van der Waals surface area contributed by atoms with Gasteiger partial charge in [0.05, 0.1) is 17.7 Å². The molecule has 1 fully saturated rings. The van der Waals surface area contributed by atoms with Crippen molar-refractivity contribution in [2.45, 2.75) is 34.8 Å². The minimum absolute atomic E-state index is 0.0733. The second kappa shape index (κ2) is 9.76. The van der Waals surface area contributed by atoms with Crippen molar-refractivity contribution in [1.29, 1.82) is 0 Å². The van der Waals surface area contributed by atoms with Gasteiger partial charge in [-0.05, 0) is 55.3 Å². The second-order valence-electron chi connectivity index (χ2n) is 6.68. The highest BCUT2D eigenvalue weighted by Gasteiger charge is 2.27. The van der Waals surface area contributed by atoms with E-state index in [1.165, 1.54) is 53.9 Å². The molecule has 0 aliphatic carbocycles. The van der Waals surface area contributed by atoms with Gasteiger partial charge in [-0.1, -0.05) is 18.2 Å². The van der Waals surface area contributed by atoms with E-state index in [-0.39, 0.29) is 16.1 Å². The van der Waals surface area contributed by atoms with Crippen molar-refractivity contribution >= 4 is 33.4 Å². The van der Waals surface area contributed by atoms with E-state index in [4.69, 9.17) is 4.74 Å². The summed E-state index contributed by atoms with van der Waals surface area (Å²) < 4.78 is 57.4. The van der Waals surface area contributed by atoms with Gasteiger partial charge in [-0.15, -0.1) is 0 Å². The van der Waals surface area contributed by atoms with E-state index < -0.39 is 21.7 Å². The number of halogens is 2. The number of alkyl halides is 2. The number of hydrogen-bond acceptors (Lipinski definition) is 5. The summed E-state index contributed by atoms with van der Waals surface area (Å²) in [6, 6.07) is 10.0. The number of methoxy groups -OCH3 is 1. The number of nitrogens with zero attached hydrogens (tertiary/aromatic N) is 1. The highest BCUT2D eigenvalue weighted by atomic mass is 32.2. The zero-order valence-electron chi connectivity index (χ0n) is 16.3. The summed E-state index contributed by atoms with van der Waals surface area (Å²) >= 11 is 0.391. The summed E-state index contributed by atoms with van der Waals surface area (Å²) in [6.07, 6.45) is 2.64. The number of anilines is 1. The topological polar surface area (TPSA) is 75.7 Å². The van der Waals surface area contributed by atoms with Crippen molar-refractivity contribution in [3.63, 3.8) is 0 Å². The largest absolute Gasteiger partial charge is 0.495 e. The van der Waals surface area contributed by atoms with Crippen LogP contribution in [0.5, 0.6) is 5.75 Å². The summed E-state index contributed by atoms with van der Waals surface area (Å²) in [4.78, 5) is 13.0. The van der Waals surface area contributed by atoms with Gasteiger partial charge in [-0.2, -0.15) is 13.1 Å². The van der Waals surface area contributed by atoms with Crippen molar-refractivity contribution in [3.8, 4) is 5.75 Å². The van der Waals surface area contributed by atoms with Crippen LogP contribution in [0.1, 0.15) is 29.6 Å². The molecular formula is C20H22F2N2O4S2. The molecule has 2 aromatic rings. The summed E-state index contributed by atoms with van der Waals surface area (Å²) in [5.74, 6) is -2.74. The van der Waals surface area contributed by atoms with E-state index in [2.05, 4.69) is 5.32 Å². The van der Waals surface area contributed by atoms with Crippen LogP contribution in [0, 0.1) is 0 Å². The number of carbonyl (C=O) groups is 1. The predicted molar refractivity (Wildman–Crippen MR) is 112 cm³/mol. The van der Waals surface area contributed by atoms with E-state index in [1.807, 2.05) is 0 Å². The maximum Gasteiger partial charge on any atom is 0.288 e. The Kier molecular flexibility index (Phi) is 7.32. The number of rotatable bonds is 7. The Morgan fingerprint density at radius 3 is 2.37 bits per heavy atom. The van der Waals surface area contributed by atoms with Crippen LogP contribution < -0.4 is 10.1 Å². The molecule has 10 heteroatoms. The summed E-state index contributed by atoms with van der Waals surface area (Å²) in [5, 5.41) is 2.65. The van der Waals surface area contributed by atoms with Crippen LogP contribution in [0.2, 0.25) is 0 Å². The fourth-order valence-corrected chi connectivity index (χ4v) is 5.22. The number of benzene rings is 2. The van der Waals surface area contributed by atoms with Crippen LogP contribution >= 0.6 is 11.8 Å². The number of amides is 1. The third-order valence-electron chi connectivity index (χ3n) is 4.71. The van der Waals surface area contributed by atoms with E-state index >= 15 is 0 Å². The zero-order chi connectivity index (χ0) is 21.7. The molecule has 1 heterocycles. The maximum atomic E-state index is 12.9. The SMILES string of the molecule is COc1ccc(S(=O)(=O)N2CCCCC2)cc1NC(=O)c1ccc(SC(F)F)cc1. The Morgan fingerprint density at radius 2 is 1.77 bits per heavy atom. The first-order chi connectivity index (χ1) is 14.3. The standard InChI is InChI=1S/C20H22F2N2O4S2/c1-28-18-10-9-16(30(26,27)24-11-3-2-4-12-24)13-17(18)23-19(25)14-5-7-15(8-6-14)29-20(21)22/h5-10,13,20H,2-4,11-12H2,1H3,(H,23,25). The second-order valence-corrected chi connectivity index (χ2v) is 9.69. The fourth-order valence-electron chi connectivity index (χ4n) is 3.18. The molecule has 1 saturated heterocycles. The molecule has 1 N–H and O–H groups in total. The van der Waals surface area contributed by atoms with Crippen LogP contribution in [0.3, 0.4) is 0 Å². The molecule has 1 aliphatic heterocycles. The van der Waals surface area contributed by atoms with E-state index in [9.17, 15) is 22.0 Å². The Morgan fingerprint density at radius 1 is 1.10 bits per heavy atom. The first kappa shape index (κ1) is 22.5. The minimum atomic E-state index is -3.67. The Bertz CT molecular complexity index is 992. The normalized spacial score (nSPS) is 15.2. The molecule has 1 amide bonds. The van der Waals surface area contributed by atoms with Crippen LogP contribution in [0.25, 0.3) is 0 Å². The molecule has 1 aliphatic rings. The van der Waals surface area contributed by atoms with E-state index in [1.54, 1.807) is 0 Å². The van der Waals surface area contributed by atoms with Gasteiger partial charge in [0.2, 0.25) is 10.0 Å². The quantitative estimate of drug-likeness (QED) is 0.624. The van der Waals surface area contributed by atoms with Gasteiger partial charge >= 0.3 is 0 Å². The van der Waals surface area contributed by atoms with Crippen molar-refractivity contribution < 1.29 is 26.7 Å². The maximum absolute atomic E-state index is 12.9. The van der Waals surface area contributed by atoms with Gasteiger partial charge in [0.15, 0.2) is 0 Å². The molecule has 0 spiro atoms. The van der Waals surface area contributed by atoms with Gasteiger partial charge in [0.25, 0.3) is 11.7 Å². The lowest BCUT2D eigenvalue weighted by Crippen LogP contribution is -2.35. The van der Waals surface area contributed by atoms with E-state index in [0.29, 0.717) is 35.5 Å². The molecule has 0 atom stereocenters. The first-order valence-corrected chi connectivity index (χ1v) is 11.7. The first-order valence-electron chi connectivity index (χ1n) is 9.35. The van der Waals surface area contributed by atoms with Gasteiger partial charge in [0.1, 0.15) is 5.75 Å². The van der Waals surface area contributed by atoms with Crippen molar-refractivity contribution in [1.82, 2.24) is 4.31 Å². The molecule has 0 bridgehead atoms. The van der Waals surface area contributed by atoms with Crippen LogP contribution in [0.15, 0.2) is 52.3 Å². The van der Waals surface area contributed by atoms with Crippen molar-refractivity contribution in [2.75, 3.05) is 25.5 Å². The van der Waals surface area contributed by atoms with Gasteiger partial charge in [0, 0.05) is 23.5 Å². The number of thioether (sulfide) groups is 1. The third kappa shape index (κ3) is 5.30. The summed E-state index contributed by atoms with van der Waals surface area (Å²) in [5.41, 5.74) is 0.464. The molecule has 2 aromatic carbocycles. The number of sulfonamides is 1. The Hall–Kier alpha value is -2.17. The fraction of sp³-hybridized carbons (Fsp3) is 0.350. The lowest BCUT2D eigenvalue weighted by Gasteiger charge is -2.26. The molecule has 3 rings (SSSR count). The van der Waals surface area contributed by atoms with Gasteiger partial charge in [-0.25, -0.2) is 8.42 Å². The lowest BCUT2D eigenvalue weighted by atomic mass is 10.2. The van der Waals surface area contributed by atoms with Gasteiger partial charge < -0.3 is 10.1 Å². The highest BCUT2D eigenvalue weighted by Crippen LogP contribution is 2.31. The Balaban J connectivity index is 1.82. The summed E-state index contributed by atoms with van der Waals surface area (Å²) in [6.45, 7) is 0.943. The van der Waals surface area contributed by atoms with Crippen LogP contribution in [0.4, 0.5) is 14.5 Å². The number of hydrogen-bond donors (Lipinski definition) is 1. The van der Waals surface area contributed by atoms with Crippen LogP contribution in [-0.4, -0.2) is 44.6 Å². The molecule has 0 aromatic heterocycles. The highest BCUT2D eigenvalue weighted by molar-refractivity contribution is 7.99. The smallest absolute Gasteiger partial charge is 0.288 e. The molecule has 6 nitrogen and oxygen atoms in total. The number of carbonyl (C=O) groups excluding carboxylic acids is 1. The summed E-state index contributed by atoms with van der Waals surface area (Å²) in [7, 11) is -2.26. The molecule has 30 heavy (non-hydrogen) atoms. The average molecular weight is 457 g/mol. The lowest BCUT2D eigenvalue weighted by molar-refractivity contribution is 0.102. The van der Waals surface area contributed by atoms with Gasteiger partial charge in [-0.3, -0.25) is 4.79 Å².